The van der Waals surface area contributed by atoms with Crippen LogP contribution in [-0.2, 0) is 16.0 Å². The normalized spacial score (nSPS) is 13.8. The molecule has 0 aliphatic carbocycles. The molecule has 4 N–H and O–H groups in total. The second kappa shape index (κ2) is 11.9. The van der Waals surface area contributed by atoms with Crippen LogP contribution in [0, 0.1) is 17.8 Å². The Morgan fingerprint density at radius 2 is 1.81 bits per heavy atom. The van der Waals surface area contributed by atoms with Crippen LogP contribution in [-0.4, -0.2) is 33.8 Å². The highest BCUT2D eigenvalue weighted by atomic mass is 16.5. The van der Waals surface area contributed by atoms with Crippen LogP contribution in [0.2, 0.25) is 0 Å². The number of H-pyrrole nitrogens is 1. The minimum atomic E-state index is -0.790. The first-order valence-corrected chi connectivity index (χ1v) is 10.4. The molecule has 0 unspecified atom stereocenters. The van der Waals surface area contributed by atoms with E-state index in [1.165, 1.54) is 0 Å². The van der Waals surface area contributed by atoms with Crippen molar-refractivity contribution < 1.29 is 19.6 Å². The Bertz CT molecular complexity index is 862. The third-order valence-corrected chi connectivity index (χ3v) is 5.21. The van der Waals surface area contributed by atoms with E-state index in [2.05, 4.69) is 16.9 Å². The molecule has 0 radical (unpaired) electrons. The molecule has 2 rings (SSSR count). The van der Waals surface area contributed by atoms with Gasteiger partial charge in [0, 0.05) is 24.4 Å². The standard InChI is InChI=1S/C24H31N3O4/c1-4-8-19(24(30)27-31)20(13-16(2)3)23(29)26-21(14-17-9-6-5-7-10-17)22(28)18-11-12-25-15-18/h4-7,9-12,15-16,19-21,25,31H,1,8,13-14H2,2-3H3,(H,26,29)(H,27,30)/t19-,20+,21-/m0/s1. The van der Waals surface area contributed by atoms with Gasteiger partial charge in [-0.3, -0.25) is 19.6 Å². The zero-order chi connectivity index (χ0) is 22.8. The van der Waals surface area contributed by atoms with Gasteiger partial charge in [-0.1, -0.05) is 50.3 Å². The van der Waals surface area contributed by atoms with E-state index in [9.17, 15) is 14.4 Å². The van der Waals surface area contributed by atoms with Crippen LogP contribution < -0.4 is 10.8 Å². The Morgan fingerprint density at radius 3 is 2.35 bits per heavy atom. The Hall–Kier alpha value is -3.19. The highest BCUT2D eigenvalue weighted by Gasteiger charge is 2.35. The van der Waals surface area contributed by atoms with E-state index in [0.717, 1.165) is 5.56 Å². The van der Waals surface area contributed by atoms with Gasteiger partial charge in [0.15, 0.2) is 5.78 Å². The SMILES string of the molecule is C=CC[C@H](C(=O)NO)[C@@H](CC(C)C)C(=O)N[C@@H](Cc1ccccc1)C(=O)c1cc[nH]c1. The first-order chi connectivity index (χ1) is 14.9. The summed E-state index contributed by atoms with van der Waals surface area (Å²) in [5, 5.41) is 12.0. The molecule has 0 saturated heterocycles. The number of Topliss-reactive ketones (excluding diaryl/α,β-unsaturated/α-hetero) is 1. The lowest BCUT2D eigenvalue weighted by Gasteiger charge is -2.27. The molecule has 0 spiro atoms. The topological polar surface area (TPSA) is 111 Å². The number of allylic oxidation sites excluding steroid dienone is 1. The number of amides is 2. The third-order valence-electron chi connectivity index (χ3n) is 5.21. The molecule has 2 aromatic rings. The van der Waals surface area contributed by atoms with Crippen LogP contribution in [0.1, 0.15) is 42.6 Å². The molecule has 0 aliphatic rings. The maximum Gasteiger partial charge on any atom is 0.247 e. The molecule has 0 saturated carbocycles. The van der Waals surface area contributed by atoms with E-state index in [4.69, 9.17) is 5.21 Å². The molecule has 0 fully saturated rings. The molecule has 1 heterocycles. The number of hydroxylamine groups is 1. The van der Waals surface area contributed by atoms with Crippen molar-refractivity contribution in [1.82, 2.24) is 15.8 Å². The van der Waals surface area contributed by atoms with E-state index in [-0.39, 0.29) is 18.1 Å². The maximum absolute atomic E-state index is 13.3. The van der Waals surface area contributed by atoms with Gasteiger partial charge in [-0.15, -0.1) is 6.58 Å². The number of carbonyl (C=O) groups excluding carboxylic acids is 3. The molecular formula is C24H31N3O4. The second-order valence-corrected chi connectivity index (χ2v) is 8.06. The van der Waals surface area contributed by atoms with Gasteiger partial charge in [0.2, 0.25) is 11.8 Å². The summed E-state index contributed by atoms with van der Waals surface area (Å²) in [6.45, 7) is 7.57. The number of hydrogen-bond acceptors (Lipinski definition) is 4. The Morgan fingerprint density at radius 1 is 1.10 bits per heavy atom. The number of aromatic nitrogens is 1. The van der Waals surface area contributed by atoms with E-state index in [1.807, 2.05) is 44.2 Å². The lowest BCUT2D eigenvalue weighted by molar-refractivity contribution is -0.140. The summed E-state index contributed by atoms with van der Waals surface area (Å²) in [6.07, 6.45) is 5.77. The summed E-state index contributed by atoms with van der Waals surface area (Å²) >= 11 is 0. The zero-order valence-electron chi connectivity index (χ0n) is 18.0. The molecule has 0 bridgehead atoms. The van der Waals surface area contributed by atoms with Gasteiger partial charge < -0.3 is 10.3 Å². The highest BCUT2D eigenvalue weighted by Crippen LogP contribution is 2.25. The fraction of sp³-hybridized carbons (Fsp3) is 0.375. The summed E-state index contributed by atoms with van der Waals surface area (Å²) in [6, 6.07) is 10.3. The summed E-state index contributed by atoms with van der Waals surface area (Å²) in [7, 11) is 0. The monoisotopic (exact) mass is 425 g/mol. The van der Waals surface area contributed by atoms with Crippen LogP contribution in [0.25, 0.3) is 0 Å². The fourth-order valence-electron chi connectivity index (χ4n) is 3.69. The molecule has 0 aliphatic heterocycles. The van der Waals surface area contributed by atoms with Crippen molar-refractivity contribution in [3.63, 3.8) is 0 Å². The van der Waals surface area contributed by atoms with Crippen molar-refractivity contribution in [1.29, 1.82) is 0 Å². The fourth-order valence-corrected chi connectivity index (χ4v) is 3.69. The third kappa shape index (κ3) is 6.93. The predicted octanol–water partition coefficient (Wildman–Crippen LogP) is 3.28. The molecule has 7 heteroatoms. The van der Waals surface area contributed by atoms with E-state index >= 15 is 0 Å². The number of rotatable bonds is 12. The number of carbonyl (C=O) groups is 3. The van der Waals surface area contributed by atoms with Crippen molar-refractivity contribution in [2.45, 2.75) is 39.2 Å². The number of benzene rings is 1. The Kier molecular flexibility index (Phi) is 9.21. The largest absolute Gasteiger partial charge is 0.367 e. The van der Waals surface area contributed by atoms with Crippen LogP contribution in [0.5, 0.6) is 0 Å². The van der Waals surface area contributed by atoms with E-state index < -0.39 is 29.7 Å². The van der Waals surface area contributed by atoms with Crippen LogP contribution in [0.15, 0.2) is 61.4 Å². The summed E-state index contributed by atoms with van der Waals surface area (Å²) in [5.41, 5.74) is 3.04. The zero-order valence-corrected chi connectivity index (χ0v) is 18.0. The number of aromatic amines is 1. The Balaban J connectivity index is 2.31. The smallest absolute Gasteiger partial charge is 0.247 e. The average Bonchev–Trinajstić information content (AvgIpc) is 3.30. The minimum Gasteiger partial charge on any atom is -0.367 e. The number of hydrogen-bond donors (Lipinski definition) is 4. The average molecular weight is 426 g/mol. The molecular weight excluding hydrogens is 394 g/mol. The van der Waals surface area contributed by atoms with Gasteiger partial charge in [-0.2, -0.15) is 0 Å². The van der Waals surface area contributed by atoms with E-state index in [1.54, 1.807) is 30.0 Å². The van der Waals surface area contributed by atoms with Crippen molar-refractivity contribution in [3.8, 4) is 0 Å². The van der Waals surface area contributed by atoms with Gasteiger partial charge in [0.05, 0.1) is 17.9 Å². The molecule has 166 valence electrons. The predicted molar refractivity (Wildman–Crippen MR) is 118 cm³/mol. The summed E-state index contributed by atoms with van der Waals surface area (Å²) in [5.74, 6) is -2.63. The van der Waals surface area contributed by atoms with Gasteiger partial charge >= 0.3 is 0 Å². The number of ketones is 1. The lowest BCUT2D eigenvalue weighted by Crippen LogP contribution is -2.48. The van der Waals surface area contributed by atoms with Crippen LogP contribution in [0.4, 0.5) is 0 Å². The number of nitrogens with one attached hydrogen (secondary N) is 3. The molecule has 2 amide bonds. The maximum atomic E-state index is 13.3. The van der Waals surface area contributed by atoms with Crippen molar-refractivity contribution in [2.75, 3.05) is 0 Å². The van der Waals surface area contributed by atoms with Crippen LogP contribution in [0.3, 0.4) is 0 Å². The summed E-state index contributed by atoms with van der Waals surface area (Å²) in [4.78, 5) is 41.6. The molecule has 31 heavy (non-hydrogen) atoms. The first kappa shape index (κ1) is 24.1. The second-order valence-electron chi connectivity index (χ2n) is 8.06. The quantitative estimate of drug-likeness (QED) is 0.181. The van der Waals surface area contributed by atoms with Gasteiger partial charge in [-0.05, 0) is 30.4 Å². The van der Waals surface area contributed by atoms with Gasteiger partial charge in [0.1, 0.15) is 0 Å². The van der Waals surface area contributed by atoms with E-state index in [0.29, 0.717) is 18.4 Å². The highest BCUT2D eigenvalue weighted by molar-refractivity contribution is 6.02. The molecule has 1 aromatic heterocycles. The lowest BCUT2D eigenvalue weighted by atomic mass is 9.81. The van der Waals surface area contributed by atoms with Gasteiger partial charge in [-0.25, -0.2) is 5.48 Å². The molecule has 1 aromatic carbocycles. The molecule has 3 atom stereocenters. The van der Waals surface area contributed by atoms with Gasteiger partial charge in [0.25, 0.3) is 0 Å². The van der Waals surface area contributed by atoms with Crippen molar-refractivity contribution in [2.24, 2.45) is 17.8 Å². The molecule has 7 nitrogen and oxygen atoms in total. The van der Waals surface area contributed by atoms with Crippen molar-refractivity contribution >= 4 is 17.6 Å². The minimum absolute atomic E-state index is 0.127. The van der Waals surface area contributed by atoms with Crippen molar-refractivity contribution in [3.05, 3.63) is 72.6 Å². The first-order valence-electron chi connectivity index (χ1n) is 10.4. The summed E-state index contributed by atoms with van der Waals surface area (Å²) < 4.78 is 0. The van der Waals surface area contributed by atoms with Crippen LogP contribution >= 0.6 is 0 Å². The Labute approximate surface area is 182 Å².